The van der Waals surface area contributed by atoms with Crippen LogP contribution >= 0.6 is 0 Å². The van der Waals surface area contributed by atoms with Gasteiger partial charge in [-0.15, -0.1) is 0 Å². The standard InChI is InChI=1S/C16H23NO5/c1-11(8-12-6-4-5-7-13(12)21-2)9-15(18)17-10-14(22-3)16(19)20/h4-7,11,14H,8-10H2,1-3H3,(H,17,18)(H,19,20). The van der Waals surface area contributed by atoms with Gasteiger partial charge in [-0.05, 0) is 24.0 Å². The predicted molar refractivity (Wildman–Crippen MR) is 81.9 cm³/mol. The van der Waals surface area contributed by atoms with Crippen molar-refractivity contribution in [3.63, 3.8) is 0 Å². The Labute approximate surface area is 130 Å². The molecule has 0 saturated carbocycles. The van der Waals surface area contributed by atoms with Crippen molar-refractivity contribution in [3.8, 4) is 5.75 Å². The van der Waals surface area contributed by atoms with Crippen LogP contribution in [0.3, 0.4) is 0 Å². The second kappa shape index (κ2) is 9.04. The lowest BCUT2D eigenvalue weighted by Gasteiger charge is -2.15. The fourth-order valence-electron chi connectivity index (χ4n) is 2.19. The van der Waals surface area contributed by atoms with Crippen molar-refractivity contribution in [2.24, 2.45) is 5.92 Å². The fourth-order valence-corrected chi connectivity index (χ4v) is 2.19. The van der Waals surface area contributed by atoms with Crippen LogP contribution in [0.15, 0.2) is 24.3 Å². The van der Waals surface area contributed by atoms with Gasteiger partial charge in [0.2, 0.25) is 5.91 Å². The SMILES string of the molecule is COc1ccccc1CC(C)CC(=O)NCC(OC)C(=O)O. The molecule has 2 unspecified atom stereocenters. The van der Waals surface area contributed by atoms with Gasteiger partial charge in [-0.3, -0.25) is 4.79 Å². The summed E-state index contributed by atoms with van der Waals surface area (Å²) < 4.78 is 10.1. The molecule has 0 radical (unpaired) electrons. The molecule has 6 heteroatoms. The summed E-state index contributed by atoms with van der Waals surface area (Å²) in [7, 11) is 2.92. The van der Waals surface area contributed by atoms with Gasteiger partial charge in [0, 0.05) is 13.5 Å². The fraction of sp³-hybridized carbons (Fsp3) is 0.500. The highest BCUT2D eigenvalue weighted by atomic mass is 16.5. The number of amides is 1. The van der Waals surface area contributed by atoms with Crippen LogP contribution in [0, 0.1) is 5.92 Å². The highest BCUT2D eigenvalue weighted by molar-refractivity contribution is 5.78. The molecule has 0 aliphatic carbocycles. The van der Waals surface area contributed by atoms with E-state index in [1.54, 1.807) is 7.11 Å². The van der Waals surface area contributed by atoms with Gasteiger partial charge >= 0.3 is 5.97 Å². The lowest BCUT2D eigenvalue weighted by molar-refractivity contribution is -0.148. The van der Waals surface area contributed by atoms with E-state index in [0.717, 1.165) is 11.3 Å². The number of hydrogen-bond donors (Lipinski definition) is 2. The van der Waals surface area contributed by atoms with Gasteiger partial charge in [0.05, 0.1) is 13.7 Å². The number of ether oxygens (including phenoxy) is 2. The molecule has 0 aromatic heterocycles. The Balaban J connectivity index is 2.45. The Kier molecular flexibility index (Phi) is 7.39. The van der Waals surface area contributed by atoms with E-state index < -0.39 is 12.1 Å². The second-order valence-corrected chi connectivity index (χ2v) is 5.19. The molecule has 2 N–H and O–H groups in total. The molecule has 0 aliphatic heterocycles. The van der Waals surface area contributed by atoms with E-state index in [2.05, 4.69) is 5.32 Å². The summed E-state index contributed by atoms with van der Waals surface area (Å²) >= 11 is 0. The smallest absolute Gasteiger partial charge is 0.334 e. The summed E-state index contributed by atoms with van der Waals surface area (Å²) in [6.45, 7) is 1.93. The lowest BCUT2D eigenvalue weighted by Crippen LogP contribution is -2.38. The van der Waals surface area contributed by atoms with Gasteiger partial charge in [-0.25, -0.2) is 4.79 Å². The Morgan fingerprint density at radius 1 is 1.27 bits per heavy atom. The van der Waals surface area contributed by atoms with Crippen LogP contribution in [-0.4, -0.2) is 43.9 Å². The molecule has 122 valence electrons. The van der Waals surface area contributed by atoms with Gasteiger partial charge in [0.25, 0.3) is 0 Å². The van der Waals surface area contributed by atoms with Crippen molar-refractivity contribution in [3.05, 3.63) is 29.8 Å². The monoisotopic (exact) mass is 309 g/mol. The van der Waals surface area contributed by atoms with Gasteiger partial charge in [-0.1, -0.05) is 25.1 Å². The molecule has 0 aliphatic rings. The van der Waals surface area contributed by atoms with Crippen molar-refractivity contribution < 1.29 is 24.2 Å². The molecule has 0 spiro atoms. The number of nitrogens with one attached hydrogen (secondary N) is 1. The van der Waals surface area contributed by atoms with Gasteiger partial charge in [-0.2, -0.15) is 0 Å². The first kappa shape index (κ1) is 18.0. The van der Waals surface area contributed by atoms with Crippen molar-refractivity contribution in [2.45, 2.75) is 25.9 Å². The van der Waals surface area contributed by atoms with Crippen LogP contribution in [0.1, 0.15) is 18.9 Å². The van der Waals surface area contributed by atoms with E-state index in [1.807, 2.05) is 31.2 Å². The summed E-state index contributed by atoms with van der Waals surface area (Å²) in [5.41, 5.74) is 1.05. The number of benzene rings is 1. The number of methoxy groups -OCH3 is 2. The molecule has 0 fully saturated rings. The Hall–Kier alpha value is -2.08. The minimum atomic E-state index is -1.09. The maximum atomic E-state index is 11.9. The summed E-state index contributed by atoms with van der Waals surface area (Å²) in [6, 6.07) is 7.69. The minimum absolute atomic E-state index is 0.0357. The van der Waals surface area contributed by atoms with Crippen LogP contribution in [-0.2, 0) is 20.7 Å². The third-order valence-electron chi connectivity index (χ3n) is 3.34. The first-order valence-corrected chi connectivity index (χ1v) is 7.12. The number of carbonyl (C=O) groups is 2. The molecule has 1 aromatic carbocycles. The van der Waals surface area contributed by atoms with E-state index in [4.69, 9.17) is 14.6 Å². The zero-order valence-electron chi connectivity index (χ0n) is 13.2. The number of hydrogen-bond acceptors (Lipinski definition) is 4. The van der Waals surface area contributed by atoms with Gasteiger partial charge in [0.1, 0.15) is 5.75 Å². The number of carboxylic acids is 1. The maximum Gasteiger partial charge on any atom is 0.334 e. The first-order chi connectivity index (χ1) is 10.5. The van der Waals surface area contributed by atoms with Crippen LogP contribution in [0.25, 0.3) is 0 Å². The molecule has 0 heterocycles. The largest absolute Gasteiger partial charge is 0.496 e. The summed E-state index contributed by atoms with van der Waals surface area (Å²) in [6.07, 6.45) is 0.00603. The van der Waals surface area contributed by atoms with Crippen LogP contribution in [0.5, 0.6) is 5.75 Å². The van der Waals surface area contributed by atoms with E-state index in [-0.39, 0.29) is 18.4 Å². The summed E-state index contributed by atoms with van der Waals surface area (Å²) in [4.78, 5) is 22.6. The highest BCUT2D eigenvalue weighted by Gasteiger charge is 2.18. The zero-order valence-corrected chi connectivity index (χ0v) is 13.2. The molecule has 1 rings (SSSR count). The van der Waals surface area contributed by atoms with Crippen LogP contribution < -0.4 is 10.1 Å². The number of para-hydroxylation sites is 1. The average Bonchev–Trinajstić information content (AvgIpc) is 2.47. The Morgan fingerprint density at radius 2 is 1.95 bits per heavy atom. The van der Waals surface area contributed by atoms with Gasteiger partial charge < -0.3 is 19.9 Å². The van der Waals surface area contributed by atoms with Crippen LogP contribution in [0.4, 0.5) is 0 Å². The molecular formula is C16H23NO5. The normalized spacial score (nSPS) is 13.2. The molecule has 6 nitrogen and oxygen atoms in total. The number of carboxylic acid groups (broad SMARTS) is 1. The number of carbonyl (C=O) groups excluding carboxylic acids is 1. The molecule has 0 bridgehead atoms. The van der Waals surface area contributed by atoms with Crippen molar-refractivity contribution in [1.29, 1.82) is 0 Å². The second-order valence-electron chi connectivity index (χ2n) is 5.19. The van der Waals surface area contributed by atoms with E-state index in [0.29, 0.717) is 12.8 Å². The molecule has 0 saturated heterocycles. The first-order valence-electron chi connectivity index (χ1n) is 7.12. The lowest BCUT2D eigenvalue weighted by atomic mass is 9.97. The topological polar surface area (TPSA) is 84.9 Å². The molecule has 22 heavy (non-hydrogen) atoms. The van der Waals surface area contributed by atoms with Crippen molar-refractivity contribution in [2.75, 3.05) is 20.8 Å². The Bertz CT molecular complexity index is 503. The van der Waals surface area contributed by atoms with Crippen molar-refractivity contribution >= 4 is 11.9 Å². The summed E-state index contributed by atoms with van der Waals surface area (Å²) in [5, 5.41) is 11.4. The quantitative estimate of drug-likeness (QED) is 0.722. The number of aliphatic carboxylic acids is 1. The molecule has 1 amide bonds. The van der Waals surface area contributed by atoms with Gasteiger partial charge in [0.15, 0.2) is 6.10 Å². The van der Waals surface area contributed by atoms with E-state index in [1.165, 1.54) is 7.11 Å². The predicted octanol–water partition coefficient (Wildman–Crippen LogP) is 1.48. The van der Waals surface area contributed by atoms with E-state index in [9.17, 15) is 9.59 Å². The third-order valence-corrected chi connectivity index (χ3v) is 3.34. The molecule has 1 aromatic rings. The molecular weight excluding hydrogens is 286 g/mol. The zero-order chi connectivity index (χ0) is 16.5. The van der Waals surface area contributed by atoms with E-state index >= 15 is 0 Å². The maximum absolute atomic E-state index is 11.9. The van der Waals surface area contributed by atoms with Crippen LogP contribution in [0.2, 0.25) is 0 Å². The minimum Gasteiger partial charge on any atom is -0.496 e. The highest BCUT2D eigenvalue weighted by Crippen LogP contribution is 2.21. The average molecular weight is 309 g/mol. The number of rotatable bonds is 9. The van der Waals surface area contributed by atoms with Crippen molar-refractivity contribution in [1.82, 2.24) is 5.32 Å². The summed E-state index contributed by atoms with van der Waals surface area (Å²) in [5.74, 6) is -0.363. The Morgan fingerprint density at radius 3 is 2.55 bits per heavy atom. The molecule has 2 atom stereocenters. The third kappa shape index (κ3) is 5.73.